The summed E-state index contributed by atoms with van der Waals surface area (Å²) in [5, 5.41) is 2.91. The van der Waals surface area contributed by atoms with Crippen LogP contribution in [0.25, 0.3) is 0 Å². The molecule has 0 radical (unpaired) electrons. The highest BCUT2D eigenvalue weighted by Crippen LogP contribution is 2.17. The number of hydrogen-bond acceptors (Lipinski definition) is 2. The predicted molar refractivity (Wildman–Crippen MR) is 65.6 cm³/mol. The Morgan fingerprint density at radius 3 is 2.53 bits per heavy atom. The van der Waals surface area contributed by atoms with Crippen molar-refractivity contribution in [3.63, 3.8) is 0 Å². The highest BCUT2D eigenvalue weighted by Gasteiger charge is 2.15. The molecule has 0 heterocycles. The van der Waals surface area contributed by atoms with E-state index in [9.17, 15) is 4.79 Å². The molecular formula is C13H18N2O2. The van der Waals surface area contributed by atoms with Crippen LogP contribution in [0.15, 0.2) is 30.3 Å². The van der Waals surface area contributed by atoms with E-state index in [0.29, 0.717) is 11.8 Å². The molecule has 0 unspecified atom stereocenters. The van der Waals surface area contributed by atoms with Crippen LogP contribution in [-0.4, -0.2) is 12.1 Å². The second-order valence-electron chi connectivity index (χ2n) is 4.33. The van der Waals surface area contributed by atoms with Gasteiger partial charge in [0.15, 0.2) is 5.75 Å². The predicted octanol–water partition coefficient (Wildman–Crippen LogP) is 2.61. The van der Waals surface area contributed by atoms with Gasteiger partial charge in [0.05, 0.1) is 0 Å². The minimum absolute atomic E-state index is 0.263. The second-order valence-corrected chi connectivity index (χ2v) is 4.33. The highest BCUT2D eigenvalue weighted by atomic mass is 16.7. The number of hydrogen-bond donors (Lipinski definition) is 2. The number of rotatable bonds is 3. The quantitative estimate of drug-likeness (QED) is 0.790. The Hall–Kier alpha value is -1.71. The molecule has 1 aromatic rings. The molecule has 1 fully saturated rings. The van der Waals surface area contributed by atoms with Crippen molar-refractivity contribution >= 4 is 6.03 Å². The van der Waals surface area contributed by atoms with Gasteiger partial charge >= 0.3 is 6.03 Å². The van der Waals surface area contributed by atoms with Crippen molar-refractivity contribution in [1.82, 2.24) is 10.8 Å². The van der Waals surface area contributed by atoms with Gasteiger partial charge in [0, 0.05) is 6.04 Å². The molecule has 1 aliphatic carbocycles. The lowest BCUT2D eigenvalue weighted by Gasteiger charge is -2.22. The van der Waals surface area contributed by atoms with Crippen LogP contribution in [-0.2, 0) is 0 Å². The summed E-state index contributed by atoms with van der Waals surface area (Å²) in [6.07, 6.45) is 5.81. The molecular weight excluding hydrogens is 216 g/mol. The van der Waals surface area contributed by atoms with E-state index in [-0.39, 0.29) is 6.03 Å². The normalized spacial score (nSPS) is 16.2. The molecule has 17 heavy (non-hydrogen) atoms. The first kappa shape index (κ1) is 11.8. The molecule has 1 aliphatic rings. The van der Waals surface area contributed by atoms with Gasteiger partial charge < -0.3 is 10.2 Å². The second kappa shape index (κ2) is 6.13. The van der Waals surface area contributed by atoms with E-state index in [1.165, 1.54) is 19.3 Å². The summed E-state index contributed by atoms with van der Waals surface area (Å²) in [6, 6.07) is 9.23. The molecule has 0 aliphatic heterocycles. The minimum Gasteiger partial charge on any atom is -0.378 e. The van der Waals surface area contributed by atoms with Gasteiger partial charge in [-0.15, -0.1) is 0 Å². The van der Waals surface area contributed by atoms with Crippen LogP contribution in [0.3, 0.4) is 0 Å². The van der Waals surface area contributed by atoms with Gasteiger partial charge in [-0.1, -0.05) is 37.5 Å². The minimum atomic E-state index is -0.263. The van der Waals surface area contributed by atoms with Crippen LogP contribution in [0.1, 0.15) is 32.1 Å². The molecule has 2 rings (SSSR count). The van der Waals surface area contributed by atoms with Crippen molar-refractivity contribution in [2.45, 2.75) is 38.1 Å². The van der Waals surface area contributed by atoms with E-state index in [1.807, 2.05) is 18.2 Å². The number of para-hydroxylation sites is 1. The van der Waals surface area contributed by atoms with Crippen molar-refractivity contribution in [2.75, 3.05) is 0 Å². The fourth-order valence-corrected chi connectivity index (χ4v) is 2.06. The van der Waals surface area contributed by atoms with E-state index in [4.69, 9.17) is 4.84 Å². The fourth-order valence-electron chi connectivity index (χ4n) is 2.06. The Bertz CT molecular complexity index is 348. The third-order valence-corrected chi connectivity index (χ3v) is 2.95. The number of benzene rings is 1. The number of hydroxylamine groups is 1. The standard InChI is InChI=1S/C13H18N2O2/c16-13(14-11-7-3-1-4-8-11)15-17-12-9-5-2-6-10-12/h2,5-6,9-11H,1,3-4,7-8H2,(H2,14,15,16). The monoisotopic (exact) mass is 234 g/mol. The Morgan fingerprint density at radius 2 is 1.82 bits per heavy atom. The number of amides is 2. The van der Waals surface area contributed by atoms with Crippen molar-refractivity contribution in [3.8, 4) is 5.75 Å². The Kier molecular flexibility index (Phi) is 4.24. The van der Waals surface area contributed by atoms with Gasteiger partial charge in [0.25, 0.3) is 0 Å². The average Bonchev–Trinajstić information content (AvgIpc) is 2.39. The largest absolute Gasteiger partial charge is 0.378 e. The molecule has 2 N–H and O–H groups in total. The lowest BCUT2D eigenvalue weighted by molar-refractivity contribution is 0.172. The molecule has 4 nitrogen and oxygen atoms in total. The highest BCUT2D eigenvalue weighted by molar-refractivity contribution is 5.73. The van der Waals surface area contributed by atoms with Crippen LogP contribution >= 0.6 is 0 Å². The van der Waals surface area contributed by atoms with Crippen molar-refractivity contribution in [3.05, 3.63) is 30.3 Å². The van der Waals surface area contributed by atoms with Crippen LogP contribution in [0.2, 0.25) is 0 Å². The summed E-state index contributed by atoms with van der Waals surface area (Å²) in [4.78, 5) is 16.7. The van der Waals surface area contributed by atoms with Gasteiger partial charge in [-0.05, 0) is 25.0 Å². The SMILES string of the molecule is O=C(NOc1ccccc1)NC1CCCCC1. The Balaban J connectivity index is 1.70. The molecule has 1 saturated carbocycles. The van der Waals surface area contributed by atoms with Crippen molar-refractivity contribution < 1.29 is 9.63 Å². The van der Waals surface area contributed by atoms with Gasteiger partial charge in [0.2, 0.25) is 0 Å². The summed E-state index contributed by atoms with van der Waals surface area (Å²) in [5.41, 5.74) is 2.40. The zero-order valence-electron chi connectivity index (χ0n) is 9.82. The van der Waals surface area contributed by atoms with E-state index >= 15 is 0 Å². The van der Waals surface area contributed by atoms with E-state index in [2.05, 4.69) is 10.8 Å². The smallest absolute Gasteiger partial charge is 0.348 e. The van der Waals surface area contributed by atoms with E-state index < -0.39 is 0 Å². The summed E-state index contributed by atoms with van der Waals surface area (Å²) in [5.74, 6) is 0.631. The molecule has 0 aromatic heterocycles. The maximum atomic E-state index is 11.5. The summed E-state index contributed by atoms with van der Waals surface area (Å²) in [6.45, 7) is 0. The first-order chi connectivity index (χ1) is 8.34. The molecule has 0 spiro atoms. The van der Waals surface area contributed by atoms with Crippen LogP contribution in [0.4, 0.5) is 4.79 Å². The zero-order valence-corrected chi connectivity index (χ0v) is 9.82. The lowest BCUT2D eigenvalue weighted by atomic mass is 9.96. The summed E-state index contributed by atoms with van der Waals surface area (Å²) in [7, 11) is 0. The zero-order chi connectivity index (χ0) is 11.9. The van der Waals surface area contributed by atoms with Gasteiger partial charge in [-0.25, -0.2) is 4.79 Å². The topological polar surface area (TPSA) is 50.4 Å². The maximum Gasteiger partial charge on any atom is 0.348 e. The lowest BCUT2D eigenvalue weighted by Crippen LogP contribution is -2.44. The number of nitrogens with one attached hydrogen (secondary N) is 2. The molecule has 4 heteroatoms. The van der Waals surface area contributed by atoms with Crippen molar-refractivity contribution in [2.24, 2.45) is 0 Å². The van der Waals surface area contributed by atoms with Gasteiger partial charge in [-0.3, -0.25) is 0 Å². The molecule has 0 saturated heterocycles. The van der Waals surface area contributed by atoms with Crippen molar-refractivity contribution in [1.29, 1.82) is 0 Å². The molecule has 0 bridgehead atoms. The number of carbonyl (C=O) groups is 1. The van der Waals surface area contributed by atoms with E-state index in [1.54, 1.807) is 12.1 Å². The van der Waals surface area contributed by atoms with Crippen LogP contribution in [0, 0.1) is 0 Å². The Labute approximate surface area is 101 Å². The van der Waals surface area contributed by atoms with Crippen LogP contribution < -0.4 is 15.6 Å². The average molecular weight is 234 g/mol. The molecule has 2 amide bonds. The Morgan fingerprint density at radius 1 is 1.12 bits per heavy atom. The third kappa shape index (κ3) is 3.98. The fraction of sp³-hybridized carbons (Fsp3) is 0.462. The first-order valence-corrected chi connectivity index (χ1v) is 6.13. The van der Waals surface area contributed by atoms with Gasteiger partial charge in [-0.2, -0.15) is 5.48 Å². The number of carbonyl (C=O) groups excluding carboxylic acids is 1. The molecule has 92 valence electrons. The first-order valence-electron chi connectivity index (χ1n) is 6.13. The maximum absolute atomic E-state index is 11.5. The summed E-state index contributed by atoms with van der Waals surface area (Å²) < 4.78 is 0. The van der Waals surface area contributed by atoms with E-state index in [0.717, 1.165) is 12.8 Å². The number of urea groups is 1. The third-order valence-electron chi connectivity index (χ3n) is 2.95. The summed E-state index contributed by atoms with van der Waals surface area (Å²) >= 11 is 0. The van der Waals surface area contributed by atoms with Crippen LogP contribution in [0.5, 0.6) is 5.75 Å². The van der Waals surface area contributed by atoms with Gasteiger partial charge in [0.1, 0.15) is 0 Å². The molecule has 0 atom stereocenters. The molecule has 1 aromatic carbocycles.